The molecule has 0 spiro atoms. The average Bonchev–Trinajstić information content (AvgIpc) is 3.17. The molecule has 12 heteroatoms. The van der Waals surface area contributed by atoms with Gasteiger partial charge >= 0.3 is 12.5 Å². The van der Waals surface area contributed by atoms with E-state index in [0.717, 1.165) is 17.7 Å². The maximum atomic E-state index is 12.5. The van der Waals surface area contributed by atoms with Crippen molar-refractivity contribution in [1.29, 1.82) is 0 Å². The molecule has 2 aromatic rings. The molecule has 8 nitrogen and oxygen atoms in total. The smallest absolute Gasteiger partial charge is 0.453 e. The summed E-state index contributed by atoms with van der Waals surface area (Å²) in [5, 5.41) is 4.84. The molecule has 178 valence electrons. The van der Waals surface area contributed by atoms with Crippen LogP contribution in [0.4, 0.5) is 23.7 Å². The molecule has 1 heterocycles. The van der Waals surface area contributed by atoms with E-state index >= 15 is 0 Å². The maximum absolute atomic E-state index is 12.5. The van der Waals surface area contributed by atoms with Crippen LogP contribution >= 0.6 is 11.6 Å². The van der Waals surface area contributed by atoms with Gasteiger partial charge in [-0.2, -0.15) is 0 Å². The summed E-state index contributed by atoms with van der Waals surface area (Å²) in [7, 11) is 2.89. The first-order valence-corrected chi connectivity index (χ1v) is 10.2. The first-order chi connectivity index (χ1) is 15.6. The lowest BCUT2D eigenvalue weighted by molar-refractivity contribution is -0.274. The lowest BCUT2D eigenvalue weighted by Crippen LogP contribution is -2.42. The second-order valence-electron chi connectivity index (χ2n) is 7.31. The van der Waals surface area contributed by atoms with Crippen LogP contribution in [-0.2, 0) is 9.53 Å². The number of carbonyl (C=O) groups excluding carboxylic acids is 2. The third-order valence-electron chi connectivity index (χ3n) is 5.01. The molecule has 0 saturated carbocycles. The number of benzene rings is 2. The highest BCUT2D eigenvalue weighted by molar-refractivity contribution is 6.30. The Bertz CT molecular complexity index is 973. The second kappa shape index (κ2) is 10.3. The number of anilines is 1. The van der Waals surface area contributed by atoms with E-state index in [9.17, 15) is 22.8 Å². The predicted octanol–water partition coefficient (Wildman–Crippen LogP) is 3.81. The molecule has 2 N–H and O–H groups in total. The first-order valence-electron chi connectivity index (χ1n) is 9.79. The quantitative estimate of drug-likeness (QED) is 0.646. The summed E-state index contributed by atoms with van der Waals surface area (Å²) >= 11 is 5.97. The summed E-state index contributed by atoms with van der Waals surface area (Å²) in [6.07, 6.45) is -5.31. The van der Waals surface area contributed by atoms with E-state index in [2.05, 4.69) is 15.5 Å². The molecule has 0 aliphatic carbocycles. The van der Waals surface area contributed by atoms with Crippen LogP contribution in [0.3, 0.4) is 0 Å². The van der Waals surface area contributed by atoms with Gasteiger partial charge in [-0.15, -0.1) is 13.2 Å². The van der Waals surface area contributed by atoms with Crippen LogP contribution in [-0.4, -0.2) is 61.6 Å². The topological polar surface area (TPSA) is 83.1 Å². The van der Waals surface area contributed by atoms with Crippen molar-refractivity contribution in [3.8, 4) is 5.75 Å². The molecule has 2 amide bonds. The minimum atomic E-state index is -4.79. The van der Waals surface area contributed by atoms with Gasteiger partial charge in [-0.1, -0.05) is 23.7 Å². The van der Waals surface area contributed by atoms with Crippen molar-refractivity contribution in [3.05, 3.63) is 59.1 Å². The number of methoxy groups -OCH3 is 1. The number of amides is 2. The molecule has 0 aromatic heterocycles. The molecule has 33 heavy (non-hydrogen) atoms. The van der Waals surface area contributed by atoms with Gasteiger partial charge in [0.15, 0.2) is 0 Å². The molecule has 2 atom stereocenters. The van der Waals surface area contributed by atoms with E-state index in [1.165, 1.54) is 24.1 Å². The van der Waals surface area contributed by atoms with Crippen LogP contribution in [0.25, 0.3) is 0 Å². The van der Waals surface area contributed by atoms with Crippen LogP contribution in [0.15, 0.2) is 48.5 Å². The van der Waals surface area contributed by atoms with Crippen LogP contribution < -0.4 is 15.5 Å². The lowest BCUT2D eigenvalue weighted by Gasteiger charge is -2.27. The Morgan fingerprint density at radius 1 is 1.18 bits per heavy atom. The molecule has 2 aromatic carbocycles. The van der Waals surface area contributed by atoms with E-state index in [1.54, 1.807) is 24.2 Å². The highest BCUT2D eigenvalue weighted by atomic mass is 35.5. The molecule has 1 saturated heterocycles. The Morgan fingerprint density at radius 2 is 1.82 bits per heavy atom. The van der Waals surface area contributed by atoms with Gasteiger partial charge in [0.25, 0.3) is 0 Å². The van der Waals surface area contributed by atoms with Gasteiger partial charge in [0.05, 0.1) is 25.7 Å². The van der Waals surface area contributed by atoms with Gasteiger partial charge in [0, 0.05) is 24.3 Å². The number of halogens is 4. The Balaban J connectivity index is 1.65. The van der Waals surface area contributed by atoms with Crippen LogP contribution in [0.2, 0.25) is 5.02 Å². The number of nitrogens with one attached hydrogen (secondary N) is 2. The number of hydrogen-bond donors (Lipinski definition) is 2. The Hall–Kier alpha value is -3.02. The third kappa shape index (κ3) is 6.73. The molecule has 0 radical (unpaired) electrons. The molecule has 3 rings (SSSR count). The minimum Gasteiger partial charge on any atom is -0.453 e. The van der Waals surface area contributed by atoms with Crippen molar-refractivity contribution in [2.45, 2.75) is 18.4 Å². The fourth-order valence-corrected chi connectivity index (χ4v) is 3.61. The monoisotopic (exact) mass is 486 g/mol. The van der Waals surface area contributed by atoms with Crippen molar-refractivity contribution in [1.82, 2.24) is 15.3 Å². The summed E-state index contributed by atoms with van der Waals surface area (Å²) in [6.45, 7) is 0.251. The Kier molecular flexibility index (Phi) is 7.67. The highest BCUT2D eigenvalue weighted by Gasteiger charge is 2.39. The van der Waals surface area contributed by atoms with E-state index in [1.807, 2.05) is 12.1 Å². The van der Waals surface area contributed by atoms with Gasteiger partial charge in [-0.3, -0.25) is 4.79 Å². The number of rotatable bonds is 6. The Labute approximate surface area is 193 Å². The number of hydrogen-bond acceptors (Lipinski definition) is 6. The van der Waals surface area contributed by atoms with Crippen molar-refractivity contribution in [2.75, 3.05) is 32.6 Å². The molecule has 1 aliphatic heterocycles. The molecular formula is C21H22ClF3N4O4. The number of ether oxygens (including phenoxy) is 2. The zero-order valence-corrected chi connectivity index (χ0v) is 18.5. The lowest BCUT2D eigenvalue weighted by atomic mass is 10.0. The minimum absolute atomic E-state index is 0.0730. The molecule has 2 unspecified atom stereocenters. The van der Waals surface area contributed by atoms with E-state index < -0.39 is 18.4 Å². The fourth-order valence-electron chi connectivity index (χ4n) is 3.48. The van der Waals surface area contributed by atoms with Gasteiger partial charge in [0.2, 0.25) is 5.91 Å². The SMILES string of the molecule is COC(=O)N(C)C1CN(CC(=O)Nc2ccc(OC(F)(F)F)cc2)NC1c1ccc(Cl)cc1. The Morgan fingerprint density at radius 3 is 2.39 bits per heavy atom. The summed E-state index contributed by atoms with van der Waals surface area (Å²) in [6, 6.07) is 11.3. The normalized spacial score (nSPS) is 18.6. The molecule has 0 bridgehead atoms. The number of carbonyl (C=O) groups is 2. The van der Waals surface area contributed by atoms with Crippen LogP contribution in [0, 0.1) is 0 Å². The van der Waals surface area contributed by atoms with E-state index in [0.29, 0.717) is 17.3 Å². The first kappa shape index (κ1) is 24.6. The standard InChI is InChI=1S/C21H22ClF3N4O4/c1-28(20(31)32-2)17-11-29(27-19(17)13-3-5-14(22)6-4-13)12-18(30)26-15-7-9-16(10-8-15)33-21(23,24)25/h3-10,17,19,27H,11-12H2,1-2H3,(H,26,30). The predicted molar refractivity (Wildman–Crippen MR) is 115 cm³/mol. The largest absolute Gasteiger partial charge is 0.573 e. The number of alkyl halides is 3. The average molecular weight is 487 g/mol. The molecule has 1 fully saturated rings. The van der Waals surface area contributed by atoms with Crippen molar-refractivity contribution in [3.63, 3.8) is 0 Å². The fraction of sp³-hybridized carbons (Fsp3) is 0.333. The van der Waals surface area contributed by atoms with Crippen LogP contribution in [0.1, 0.15) is 11.6 Å². The highest BCUT2D eigenvalue weighted by Crippen LogP contribution is 2.28. The van der Waals surface area contributed by atoms with Gasteiger partial charge < -0.3 is 19.7 Å². The van der Waals surface area contributed by atoms with Gasteiger partial charge in [-0.05, 0) is 42.0 Å². The molecule has 1 aliphatic rings. The second-order valence-corrected chi connectivity index (χ2v) is 7.74. The number of nitrogens with zero attached hydrogens (tertiary/aromatic N) is 2. The summed E-state index contributed by atoms with van der Waals surface area (Å²) in [5.74, 6) is -0.788. The zero-order valence-electron chi connectivity index (χ0n) is 17.7. The van der Waals surface area contributed by atoms with E-state index in [4.69, 9.17) is 16.3 Å². The van der Waals surface area contributed by atoms with Gasteiger partial charge in [-0.25, -0.2) is 15.2 Å². The number of hydrazine groups is 1. The van der Waals surface area contributed by atoms with E-state index in [-0.39, 0.29) is 24.4 Å². The maximum Gasteiger partial charge on any atom is 0.573 e. The summed E-state index contributed by atoms with van der Waals surface area (Å²) in [5.41, 5.74) is 4.40. The van der Waals surface area contributed by atoms with Crippen molar-refractivity contribution < 1.29 is 32.2 Å². The summed E-state index contributed by atoms with van der Waals surface area (Å²) < 4.78 is 45.4. The van der Waals surface area contributed by atoms with Crippen molar-refractivity contribution in [2.24, 2.45) is 0 Å². The third-order valence-corrected chi connectivity index (χ3v) is 5.26. The summed E-state index contributed by atoms with van der Waals surface area (Å²) in [4.78, 5) is 26.0. The van der Waals surface area contributed by atoms with Crippen molar-refractivity contribution >= 4 is 29.3 Å². The molecular weight excluding hydrogens is 465 g/mol. The zero-order chi connectivity index (χ0) is 24.2. The number of likely N-dealkylation sites (N-methyl/N-ethyl adjacent to an activating group) is 1. The van der Waals surface area contributed by atoms with Gasteiger partial charge in [0.1, 0.15) is 5.75 Å². The van der Waals surface area contributed by atoms with Crippen LogP contribution in [0.5, 0.6) is 5.75 Å².